The Bertz CT molecular complexity index is 1250. The second-order valence-electron chi connectivity index (χ2n) is 9.12. The second kappa shape index (κ2) is 9.49. The van der Waals surface area contributed by atoms with Crippen molar-refractivity contribution < 1.29 is 9.18 Å². The lowest BCUT2D eigenvalue weighted by Crippen LogP contribution is -2.44. The maximum atomic E-state index is 14.9. The molecule has 11 heteroatoms. The maximum Gasteiger partial charge on any atom is 0.246 e. The van der Waals surface area contributed by atoms with E-state index < -0.39 is 0 Å². The molecular weight excluding hydrogens is 449 g/mol. The molecular formula is C24H30FN9O. The summed E-state index contributed by atoms with van der Waals surface area (Å²) in [7, 11) is 2.07. The van der Waals surface area contributed by atoms with E-state index in [1.165, 1.54) is 12.1 Å². The number of nitrogens with two attached hydrogens (primary N) is 1. The lowest BCUT2D eigenvalue weighted by atomic mass is 10.1. The maximum absolute atomic E-state index is 14.9. The Hall–Kier alpha value is -3.73. The first-order valence-corrected chi connectivity index (χ1v) is 11.8. The van der Waals surface area contributed by atoms with Gasteiger partial charge < -0.3 is 30.3 Å². The summed E-state index contributed by atoms with van der Waals surface area (Å²) < 4.78 is 16.9. The number of nitrogens with one attached hydrogen (secondary N) is 1. The summed E-state index contributed by atoms with van der Waals surface area (Å²) in [6.45, 7) is 8.22. The molecule has 1 unspecified atom stereocenters. The lowest BCUT2D eigenvalue weighted by molar-refractivity contribution is -0.127. The first-order valence-electron chi connectivity index (χ1n) is 11.8. The van der Waals surface area contributed by atoms with E-state index in [4.69, 9.17) is 5.73 Å². The fourth-order valence-electron chi connectivity index (χ4n) is 4.79. The first-order chi connectivity index (χ1) is 16.9. The van der Waals surface area contributed by atoms with Gasteiger partial charge in [0.25, 0.3) is 0 Å². The number of piperazine rings is 1. The highest BCUT2D eigenvalue weighted by Crippen LogP contribution is 2.29. The minimum Gasteiger partial charge on any atom is -0.382 e. The molecule has 0 saturated carbocycles. The van der Waals surface area contributed by atoms with Crippen molar-refractivity contribution in [2.24, 2.45) is 0 Å². The molecule has 3 N–H and O–H groups in total. The number of piperidine rings is 1. The molecule has 4 heterocycles. The van der Waals surface area contributed by atoms with Crippen LogP contribution in [0, 0.1) is 5.82 Å². The number of aromatic nitrogens is 4. The fourth-order valence-corrected chi connectivity index (χ4v) is 4.79. The Morgan fingerprint density at radius 1 is 1.23 bits per heavy atom. The highest BCUT2D eigenvalue weighted by molar-refractivity contribution is 5.87. The standard InChI is InChI=1S/C24H30FN9O/c1-3-20(35)33-8-4-5-17(14-33)34-15-27-21-22(26)29-24(30-23(21)34)28-16-6-7-19(18(25)13-16)32-11-9-31(2)10-12-32/h3,6-7,13,15,17H,1,4-5,8-12,14H2,2H3,(H3,26,28,29,30). The number of halogens is 1. The summed E-state index contributed by atoms with van der Waals surface area (Å²) in [6.07, 6.45) is 4.79. The summed E-state index contributed by atoms with van der Waals surface area (Å²) in [5, 5.41) is 3.08. The van der Waals surface area contributed by atoms with Crippen molar-refractivity contribution in [2.45, 2.75) is 18.9 Å². The van der Waals surface area contributed by atoms with E-state index in [1.54, 1.807) is 17.3 Å². The van der Waals surface area contributed by atoms with Crippen LogP contribution < -0.4 is 16.0 Å². The lowest BCUT2D eigenvalue weighted by Gasteiger charge is -2.34. The molecule has 10 nitrogen and oxygen atoms in total. The van der Waals surface area contributed by atoms with Gasteiger partial charge in [0.2, 0.25) is 11.9 Å². The third-order valence-corrected chi connectivity index (χ3v) is 6.77. The van der Waals surface area contributed by atoms with Crippen LogP contribution in [0.3, 0.4) is 0 Å². The van der Waals surface area contributed by atoms with Crippen LogP contribution >= 0.6 is 0 Å². The zero-order valence-electron chi connectivity index (χ0n) is 19.8. The van der Waals surface area contributed by atoms with Crippen LogP contribution in [0.4, 0.5) is 27.5 Å². The molecule has 2 fully saturated rings. The van der Waals surface area contributed by atoms with Gasteiger partial charge in [-0.2, -0.15) is 9.97 Å². The van der Waals surface area contributed by atoms with Gasteiger partial charge in [0.1, 0.15) is 11.3 Å². The smallest absolute Gasteiger partial charge is 0.246 e. The SMILES string of the molecule is C=CC(=O)N1CCCC(n2cnc3c(N)nc(Nc4ccc(N5CCN(C)CC5)c(F)c4)nc32)C1. The quantitative estimate of drug-likeness (QED) is 0.537. The number of rotatable bonds is 5. The van der Waals surface area contributed by atoms with Crippen LogP contribution in [-0.4, -0.2) is 81.5 Å². The van der Waals surface area contributed by atoms with Gasteiger partial charge in [-0.1, -0.05) is 6.58 Å². The van der Waals surface area contributed by atoms with Crippen molar-refractivity contribution >= 4 is 40.2 Å². The van der Waals surface area contributed by atoms with E-state index in [0.29, 0.717) is 35.6 Å². The van der Waals surface area contributed by atoms with Gasteiger partial charge in [0.15, 0.2) is 11.5 Å². The number of carbonyl (C=O) groups is 1. The van der Waals surface area contributed by atoms with Gasteiger partial charge in [-0.3, -0.25) is 4.79 Å². The first kappa shape index (κ1) is 23.0. The molecule has 0 bridgehead atoms. The van der Waals surface area contributed by atoms with Crippen molar-refractivity contribution in [3.05, 3.63) is 43.0 Å². The topological polar surface area (TPSA) is 108 Å². The van der Waals surface area contributed by atoms with E-state index in [9.17, 15) is 9.18 Å². The van der Waals surface area contributed by atoms with Gasteiger partial charge >= 0.3 is 0 Å². The average Bonchev–Trinajstić information content (AvgIpc) is 3.29. The third kappa shape index (κ3) is 4.63. The van der Waals surface area contributed by atoms with E-state index in [-0.39, 0.29) is 29.5 Å². The monoisotopic (exact) mass is 479 g/mol. The van der Waals surface area contributed by atoms with Crippen molar-refractivity contribution in [1.82, 2.24) is 29.3 Å². The van der Waals surface area contributed by atoms with Gasteiger partial charge in [-0.15, -0.1) is 0 Å². The number of amides is 1. The van der Waals surface area contributed by atoms with Crippen LogP contribution in [-0.2, 0) is 4.79 Å². The van der Waals surface area contributed by atoms with Gasteiger partial charge in [0.05, 0.1) is 18.1 Å². The molecule has 2 aliphatic heterocycles. The third-order valence-electron chi connectivity index (χ3n) is 6.77. The number of anilines is 4. The molecule has 0 aliphatic carbocycles. The number of nitrogen functional groups attached to an aromatic ring is 1. The number of likely N-dealkylation sites (tertiary alicyclic amines) is 1. The summed E-state index contributed by atoms with van der Waals surface area (Å²) in [6, 6.07) is 5.06. The summed E-state index contributed by atoms with van der Waals surface area (Å²) in [5.74, 6) is 0.115. The molecule has 1 amide bonds. The van der Waals surface area contributed by atoms with E-state index in [2.05, 4.69) is 43.7 Å². The fraction of sp³-hybridized carbons (Fsp3) is 0.417. The second-order valence-corrected chi connectivity index (χ2v) is 9.12. The Labute approximate surface area is 203 Å². The van der Waals surface area contributed by atoms with E-state index in [0.717, 1.165) is 39.0 Å². The average molecular weight is 480 g/mol. The Morgan fingerprint density at radius 2 is 2.03 bits per heavy atom. The molecule has 2 saturated heterocycles. The molecule has 3 aromatic rings. The van der Waals surface area contributed by atoms with Crippen LogP contribution in [0.5, 0.6) is 0 Å². The zero-order valence-corrected chi connectivity index (χ0v) is 19.8. The van der Waals surface area contributed by atoms with Crippen molar-refractivity contribution in [1.29, 1.82) is 0 Å². The number of benzene rings is 1. The normalized spacial score (nSPS) is 19.2. The van der Waals surface area contributed by atoms with Gasteiger partial charge in [-0.25, -0.2) is 9.37 Å². The van der Waals surface area contributed by atoms with Gasteiger partial charge in [0, 0.05) is 45.0 Å². The molecule has 1 aromatic carbocycles. The minimum atomic E-state index is -0.298. The Kier molecular flexibility index (Phi) is 6.25. The largest absolute Gasteiger partial charge is 0.382 e. The molecule has 0 radical (unpaired) electrons. The zero-order chi connectivity index (χ0) is 24.5. The highest BCUT2D eigenvalue weighted by atomic mass is 19.1. The van der Waals surface area contributed by atoms with Crippen LogP contribution in [0.1, 0.15) is 18.9 Å². The van der Waals surface area contributed by atoms with Crippen molar-refractivity contribution in [2.75, 3.05) is 62.3 Å². The number of hydrogen-bond acceptors (Lipinski definition) is 8. The molecule has 184 valence electrons. The van der Waals surface area contributed by atoms with E-state index in [1.807, 2.05) is 10.6 Å². The predicted molar refractivity (Wildman–Crippen MR) is 134 cm³/mol. The summed E-state index contributed by atoms with van der Waals surface area (Å²) in [5.41, 5.74) is 8.38. The van der Waals surface area contributed by atoms with Gasteiger partial charge in [-0.05, 0) is 44.2 Å². The molecule has 35 heavy (non-hydrogen) atoms. The van der Waals surface area contributed by atoms with Crippen LogP contribution in [0.25, 0.3) is 11.2 Å². The Balaban J connectivity index is 1.38. The predicted octanol–water partition coefficient (Wildman–Crippen LogP) is 2.39. The molecule has 1 atom stereocenters. The number of fused-ring (bicyclic) bond motifs is 1. The summed E-state index contributed by atoms with van der Waals surface area (Å²) in [4.78, 5) is 31.6. The molecule has 5 rings (SSSR count). The van der Waals surface area contributed by atoms with Crippen molar-refractivity contribution in [3.8, 4) is 0 Å². The molecule has 2 aromatic heterocycles. The molecule has 2 aliphatic rings. The Morgan fingerprint density at radius 3 is 2.77 bits per heavy atom. The number of hydrogen-bond donors (Lipinski definition) is 2. The summed E-state index contributed by atoms with van der Waals surface area (Å²) >= 11 is 0. The number of likely N-dealkylation sites (N-methyl/N-ethyl adjacent to an activating group) is 1. The minimum absolute atomic E-state index is 0.0140. The number of nitrogens with zero attached hydrogens (tertiary/aromatic N) is 7. The number of carbonyl (C=O) groups excluding carboxylic acids is 1. The van der Waals surface area contributed by atoms with Crippen molar-refractivity contribution in [3.63, 3.8) is 0 Å². The number of imidazole rings is 1. The van der Waals surface area contributed by atoms with Crippen LogP contribution in [0.2, 0.25) is 0 Å². The van der Waals surface area contributed by atoms with E-state index >= 15 is 0 Å². The highest BCUT2D eigenvalue weighted by Gasteiger charge is 2.26. The van der Waals surface area contributed by atoms with Crippen LogP contribution in [0.15, 0.2) is 37.2 Å². The molecule has 0 spiro atoms.